The number of aldehydes is 1. The molecule has 0 fully saturated rings. The van der Waals surface area contributed by atoms with Crippen LogP contribution in [0.5, 0.6) is 5.75 Å². The van der Waals surface area contributed by atoms with Crippen LogP contribution in [0.1, 0.15) is 40.7 Å². The average Bonchev–Trinajstić information content (AvgIpc) is 2.59. The van der Waals surface area contributed by atoms with Crippen LogP contribution >= 0.6 is 11.8 Å². The molecule has 140 valence electrons. The van der Waals surface area contributed by atoms with E-state index >= 15 is 0 Å². The van der Waals surface area contributed by atoms with Crippen molar-refractivity contribution in [3.8, 4) is 5.75 Å². The van der Waals surface area contributed by atoms with E-state index in [1.807, 2.05) is 0 Å². The van der Waals surface area contributed by atoms with Crippen LogP contribution in [-0.2, 0) is 6.42 Å². The predicted octanol–water partition coefficient (Wildman–Crippen LogP) is 6.21. The van der Waals surface area contributed by atoms with E-state index < -0.39 is 6.36 Å². The number of aryl methyl sites for hydroxylation is 2. The molecule has 0 aliphatic carbocycles. The normalized spacial score (nSPS) is 11.4. The van der Waals surface area contributed by atoms with Gasteiger partial charge in [0.05, 0.1) is 0 Å². The van der Waals surface area contributed by atoms with Crippen molar-refractivity contribution in [1.82, 2.24) is 0 Å². The van der Waals surface area contributed by atoms with Crippen molar-refractivity contribution in [2.45, 2.75) is 43.9 Å². The van der Waals surface area contributed by atoms with Gasteiger partial charge in [0.25, 0.3) is 0 Å². The van der Waals surface area contributed by atoms with Crippen molar-refractivity contribution in [1.29, 1.82) is 0 Å². The van der Waals surface area contributed by atoms with Gasteiger partial charge in [-0.3, -0.25) is 4.79 Å². The molecule has 0 bridgehead atoms. The summed E-state index contributed by atoms with van der Waals surface area (Å²) in [4.78, 5) is 11.2. The minimum Gasteiger partial charge on any atom is -0.405 e. The lowest BCUT2D eigenvalue weighted by Crippen LogP contribution is -2.17. The number of hydrogen-bond donors (Lipinski definition) is 0. The third-order valence-electron chi connectivity index (χ3n) is 3.82. The van der Waals surface area contributed by atoms with Crippen LogP contribution in [-0.4, -0.2) is 18.4 Å². The molecule has 0 aromatic heterocycles. The Hall–Kier alpha value is -1.95. The number of unbranched alkanes of at least 4 members (excludes halogenated alkanes) is 2. The Bertz CT molecular complexity index is 712. The summed E-state index contributed by atoms with van der Waals surface area (Å²) in [6.07, 6.45) is -0.325. The third kappa shape index (κ3) is 7.12. The Morgan fingerprint density at radius 2 is 1.77 bits per heavy atom. The first-order valence-electron chi connectivity index (χ1n) is 8.41. The monoisotopic (exact) mass is 382 g/mol. The highest BCUT2D eigenvalue weighted by Crippen LogP contribution is 2.34. The lowest BCUT2D eigenvalue weighted by atomic mass is 10.1. The molecular formula is C20H21F3O2S. The summed E-state index contributed by atoms with van der Waals surface area (Å²) in [5.41, 5.74) is 2.70. The minimum atomic E-state index is -4.77. The van der Waals surface area contributed by atoms with E-state index in [0.717, 1.165) is 31.7 Å². The molecule has 6 heteroatoms. The molecule has 2 nitrogen and oxygen atoms in total. The number of carbonyl (C=O) groups excluding carboxylic acids is 1. The molecule has 0 saturated carbocycles. The van der Waals surface area contributed by atoms with Gasteiger partial charge in [-0.05, 0) is 49.6 Å². The zero-order valence-electron chi connectivity index (χ0n) is 14.5. The molecule has 0 amide bonds. The lowest BCUT2D eigenvalue weighted by molar-refractivity contribution is -0.275. The quantitative estimate of drug-likeness (QED) is 0.293. The molecule has 0 aliphatic heterocycles. The fraction of sp³-hybridized carbons (Fsp3) is 0.350. The average molecular weight is 382 g/mol. The maximum atomic E-state index is 12.5. The van der Waals surface area contributed by atoms with E-state index in [4.69, 9.17) is 0 Å². The zero-order chi connectivity index (χ0) is 19.0. The second kappa shape index (κ2) is 9.67. The molecule has 2 aromatic rings. The van der Waals surface area contributed by atoms with Crippen LogP contribution in [0.2, 0.25) is 0 Å². The van der Waals surface area contributed by atoms with Gasteiger partial charge in [0.15, 0.2) is 0 Å². The second-order valence-electron chi connectivity index (χ2n) is 6.02. The Morgan fingerprint density at radius 1 is 1.04 bits per heavy atom. The number of carbonyl (C=O) groups is 1. The molecule has 2 rings (SSSR count). The molecule has 0 heterocycles. The number of halogens is 3. The van der Waals surface area contributed by atoms with Gasteiger partial charge < -0.3 is 4.74 Å². The molecule has 2 aromatic carbocycles. The van der Waals surface area contributed by atoms with Crippen LogP contribution in [0.25, 0.3) is 0 Å². The van der Waals surface area contributed by atoms with E-state index in [2.05, 4.69) is 35.9 Å². The summed E-state index contributed by atoms with van der Waals surface area (Å²) >= 11 is 1.31. The van der Waals surface area contributed by atoms with E-state index in [0.29, 0.717) is 16.9 Å². The third-order valence-corrected chi connectivity index (χ3v) is 4.96. The molecule has 0 unspecified atom stereocenters. The highest BCUT2D eigenvalue weighted by atomic mass is 32.2. The molecule has 0 spiro atoms. The van der Waals surface area contributed by atoms with Gasteiger partial charge in [-0.15, -0.1) is 24.9 Å². The number of alkyl halides is 3. The van der Waals surface area contributed by atoms with E-state index in [-0.39, 0.29) is 11.3 Å². The molecule has 0 aliphatic rings. The Kier molecular flexibility index (Phi) is 7.57. The van der Waals surface area contributed by atoms with Gasteiger partial charge in [-0.1, -0.05) is 42.3 Å². The largest absolute Gasteiger partial charge is 0.573 e. The van der Waals surface area contributed by atoms with Crippen LogP contribution in [0.15, 0.2) is 47.4 Å². The van der Waals surface area contributed by atoms with Crippen LogP contribution < -0.4 is 4.74 Å². The molecule has 0 saturated heterocycles. The Labute approximate surface area is 155 Å². The van der Waals surface area contributed by atoms with Crippen molar-refractivity contribution >= 4 is 18.0 Å². The molecule has 0 N–H and O–H groups in total. The van der Waals surface area contributed by atoms with Gasteiger partial charge in [-0.25, -0.2) is 0 Å². The van der Waals surface area contributed by atoms with Crippen molar-refractivity contribution < 1.29 is 22.7 Å². The summed E-state index contributed by atoms with van der Waals surface area (Å²) in [5.74, 6) is 0.384. The molecule has 0 radical (unpaired) electrons. The summed E-state index contributed by atoms with van der Waals surface area (Å²) < 4.78 is 41.6. The van der Waals surface area contributed by atoms with Crippen LogP contribution in [0, 0.1) is 6.92 Å². The van der Waals surface area contributed by atoms with Crippen molar-refractivity contribution in [2.24, 2.45) is 0 Å². The standard InChI is InChI=1S/C20H21F3O2S/c1-15-6-8-16(9-7-15)5-3-2-4-12-26-19-11-10-17(14-24)13-18(19)25-20(21,22)23/h6-11,13-14H,2-5,12H2,1H3. The van der Waals surface area contributed by atoms with Crippen molar-refractivity contribution in [3.05, 3.63) is 59.2 Å². The van der Waals surface area contributed by atoms with E-state index in [9.17, 15) is 18.0 Å². The lowest BCUT2D eigenvalue weighted by Gasteiger charge is -2.13. The maximum absolute atomic E-state index is 12.5. The maximum Gasteiger partial charge on any atom is 0.573 e. The molecular weight excluding hydrogens is 361 g/mol. The highest BCUT2D eigenvalue weighted by Gasteiger charge is 2.32. The summed E-state index contributed by atoms with van der Waals surface area (Å²) in [6, 6.07) is 12.6. The topological polar surface area (TPSA) is 26.3 Å². The summed E-state index contributed by atoms with van der Waals surface area (Å²) in [5, 5.41) is 0. The molecule has 26 heavy (non-hydrogen) atoms. The Morgan fingerprint density at radius 3 is 2.42 bits per heavy atom. The van der Waals surface area contributed by atoms with Gasteiger partial charge >= 0.3 is 6.36 Å². The van der Waals surface area contributed by atoms with Crippen molar-refractivity contribution in [3.63, 3.8) is 0 Å². The molecule has 0 atom stereocenters. The minimum absolute atomic E-state index is 0.159. The predicted molar refractivity (Wildman–Crippen MR) is 98.0 cm³/mol. The highest BCUT2D eigenvalue weighted by molar-refractivity contribution is 7.99. The number of hydrogen-bond acceptors (Lipinski definition) is 3. The zero-order valence-corrected chi connectivity index (χ0v) is 15.3. The Balaban J connectivity index is 1.79. The van der Waals surface area contributed by atoms with Gasteiger partial charge in [0.2, 0.25) is 0 Å². The first kappa shape index (κ1) is 20.4. The SMILES string of the molecule is Cc1ccc(CCCCCSc2ccc(C=O)cc2OC(F)(F)F)cc1. The fourth-order valence-corrected chi connectivity index (χ4v) is 3.44. The van der Waals surface area contributed by atoms with Gasteiger partial charge in [0, 0.05) is 10.5 Å². The second-order valence-corrected chi connectivity index (χ2v) is 7.15. The van der Waals surface area contributed by atoms with Crippen LogP contribution in [0.3, 0.4) is 0 Å². The number of ether oxygens (including phenoxy) is 1. The first-order chi connectivity index (χ1) is 12.4. The van der Waals surface area contributed by atoms with Gasteiger partial charge in [-0.2, -0.15) is 0 Å². The van der Waals surface area contributed by atoms with E-state index in [1.165, 1.54) is 35.0 Å². The summed E-state index contributed by atoms with van der Waals surface area (Å²) in [6.45, 7) is 2.05. The fourth-order valence-electron chi connectivity index (χ4n) is 2.47. The number of thioether (sulfide) groups is 1. The first-order valence-corrected chi connectivity index (χ1v) is 9.39. The number of benzene rings is 2. The summed E-state index contributed by atoms with van der Waals surface area (Å²) in [7, 11) is 0. The van der Waals surface area contributed by atoms with Crippen molar-refractivity contribution in [2.75, 3.05) is 5.75 Å². The number of rotatable bonds is 9. The van der Waals surface area contributed by atoms with E-state index in [1.54, 1.807) is 0 Å². The smallest absolute Gasteiger partial charge is 0.405 e. The van der Waals surface area contributed by atoms with Crippen LogP contribution in [0.4, 0.5) is 13.2 Å². The van der Waals surface area contributed by atoms with Gasteiger partial charge in [0.1, 0.15) is 12.0 Å².